The van der Waals surface area contributed by atoms with Gasteiger partial charge < -0.3 is 15.7 Å². The van der Waals surface area contributed by atoms with Crippen molar-refractivity contribution in [2.75, 3.05) is 13.1 Å². The first-order valence-electron chi connectivity index (χ1n) is 5.95. The number of benzene rings is 1. The van der Waals surface area contributed by atoms with Crippen molar-refractivity contribution in [3.05, 3.63) is 35.4 Å². The van der Waals surface area contributed by atoms with E-state index in [1.807, 2.05) is 12.1 Å². The summed E-state index contributed by atoms with van der Waals surface area (Å²) in [6, 6.07) is 7.25. The van der Waals surface area contributed by atoms with Gasteiger partial charge in [-0.3, -0.25) is 4.79 Å². The maximum Gasteiger partial charge on any atom is 0.407 e. The van der Waals surface area contributed by atoms with Crippen molar-refractivity contribution < 1.29 is 14.7 Å². The van der Waals surface area contributed by atoms with Crippen LogP contribution in [0.4, 0.5) is 4.79 Å². The number of nitrogens with zero attached hydrogens (tertiary/aromatic N) is 1. The van der Waals surface area contributed by atoms with Gasteiger partial charge in [-0.2, -0.15) is 0 Å². The fourth-order valence-electron chi connectivity index (χ4n) is 2.32. The minimum Gasteiger partial charge on any atom is -0.465 e. The van der Waals surface area contributed by atoms with Gasteiger partial charge in [0, 0.05) is 18.7 Å². The summed E-state index contributed by atoms with van der Waals surface area (Å²) in [4.78, 5) is 23.2. The summed E-state index contributed by atoms with van der Waals surface area (Å²) in [5.41, 5.74) is 6.83. The molecule has 5 nitrogen and oxygen atoms in total. The number of carbonyl (C=O) groups is 2. The Morgan fingerprint density at radius 1 is 1.17 bits per heavy atom. The smallest absolute Gasteiger partial charge is 0.407 e. The first kappa shape index (κ1) is 12.4. The van der Waals surface area contributed by atoms with Gasteiger partial charge in [-0.05, 0) is 36.5 Å². The summed E-state index contributed by atoms with van der Waals surface area (Å²) in [6.45, 7) is 1.13. The lowest BCUT2D eigenvalue weighted by molar-refractivity contribution is 0.1000. The Morgan fingerprint density at radius 2 is 1.72 bits per heavy atom. The highest BCUT2D eigenvalue weighted by Crippen LogP contribution is 2.28. The molecule has 1 aromatic rings. The molecule has 3 N–H and O–H groups in total. The molecule has 0 radical (unpaired) electrons. The number of amides is 2. The normalized spacial score (nSPS) is 16.6. The maximum absolute atomic E-state index is 11.0. The van der Waals surface area contributed by atoms with Crippen LogP contribution in [0.3, 0.4) is 0 Å². The topological polar surface area (TPSA) is 83.6 Å². The van der Waals surface area contributed by atoms with Crippen LogP contribution in [-0.4, -0.2) is 35.1 Å². The minimum absolute atomic E-state index is 0.363. The predicted molar refractivity (Wildman–Crippen MR) is 66.5 cm³/mol. The van der Waals surface area contributed by atoms with E-state index in [4.69, 9.17) is 10.8 Å². The highest BCUT2D eigenvalue weighted by molar-refractivity contribution is 5.92. The largest absolute Gasteiger partial charge is 0.465 e. The van der Waals surface area contributed by atoms with Gasteiger partial charge in [0.05, 0.1) is 0 Å². The van der Waals surface area contributed by atoms with Crippen LogP contribution in [0.1, 0.15) is 34.7 Å². The summed E-state index contributed by atoms with van der Waals surface area (Å²) in [6.07, 6.45) is 0.794. The molecule has 96 valence electrons. The summed E-state index contributed by atoms with van der Waals surface area (Å²) in [5, 5.41) is 8.87. The fraction of sp³-hybridized carbons (Fsp3) is 0.385. The van der Waals surface area contributed by atoms with E-state index in [2.05, 4.69) is 0 Å². The lowest BCUT2D eigenvalue weighted by Gasteiger charge is -2.30. The lowest BCUT2D eigenvalue weighted by Crippen LogP contribution is -2.36. The Morgan fingerprint density at radius 3 is 2.17 bits per heavy atom. The third kappa shape index (κ3) is 2.61. The minimum atomic E-state index is -0.850. The molecule has 1 saturated heterocycles. The highest BCUT2D eigenvalue weighted by Gasteiger charge is 2.23. The van der Waals surface area contributed by atoms with Gasteiger partial charge in [-0.25, -0.2) is 4.79 Å². The summed E-state index contributed by atoms with van der Waals surface area (Å²) in [5.74, 6) is -0.0650. The van der Waals surface area contributed by atoms with Gasteiger partial charge in [-0.15, -0.1) is 0 Å². The number of piperidine rings is 1. The van der Waals surface area contributed by atoms with E-state index in [-0.39, 0.29) is 0 Å². The second-order valence-electron chi connectivity index (χ2n) is 4.53. The van der Waals surface area contributed by atoms with Crippen molar-refractivity contribution in [1.29, 1.82) is 0 Å². The van der Waals surface area contributed by atoms with Crippen molar-refractivity contribution in [1.82, 2.24) is 4.90 Å². The summed E-state index contributed by atoms with van der Waals surface area (Å²) < 4.78 is 0. The second-order valence-corrected chi connectivity index (χ2v) is 4.53. The number of primary amides is 1. The number of carboxylic acid groups (broad SMARTS) is 1. The number of hydrogen-bond acceptors (Lipinski definition) is 2. The van der Waals surface area contributed by atoms with E-state index in [9.17, 15) is 9.59 Å². The van der Waals surface area contributed by atoms with Gasteiger partial charge >= 0.3 is 6.09 Å². The van der Waals surface area contributed by atoms with Crippen LogP contribution in [0.2, 0.25) is 0 Å². The molecule has 0 aliphatic carbocycles. The molecule has 18 heavy (non-hydrogen) atoms. The molecule has 1 aliphatic rings. The first-order chi connectivity index (χ1) is 8.58. The van der Waals surface area contributed by atoms with Gasteiger partial charge in [0.25, 0.3) is 0 Å². The van der Waals surface area contributed by atoms with E-state index in [1.165, 1.54) is 4.90 Å². The monoisotopic (exact) mass is 248 g/mol. The van der Waals surface area contributed by atoms with E-state index in [0.29, 0.717) is 24.6 Å². The zero-order valence-electron chi connectivity index (χ0n) is 10.0. The molecule has 5 heteroatoms. The quantitative estimate of drug-likeness (QED) is 0.834. The van der Waals surface area contributed by atoms with E-state index >= 15 is 0 Å². The first-order valence-corrected chi connectivity index (χ1v) is 5.95. The van der Waals surface area contributed by atoms with Crippen LogP contribution in [0, 0.1) is 0 Å². The molecule has 0 atom stereocenters. The van der Waals surface area contributed by atoms with Crippen molar-refractivity contribution in [2.45, 2.75) is 18.8 Å². The summed E-state index contributed by atoms with van der Waals surface area (Å²) in [7, 11) is 0. The third-order valence-corrected chi connectivity index (χ3v) is 3.43. The third-order valence-electron chi connectivity index (χ3n) is 3.43. The lowest BCUT2D eigenvalue weighted by atomic mass is 9.89. The molecule has 1 fully saturated rings. The Bertz CT molecular complexity index is 448. The second kappa shape index (κ2) is 5.08. The molecule has 0 unspecified atom stereocenters. The van der Waals surface area contributed by atoms with Crippen LogP contribution >= 0.6 is 0 Å². The number of hydrogen-bond donors (Lipinski definition) is 2. The Kier molecular flexibility index (Phi) is 3.50. The standard InChI is InChI=1S/C13H16N2O3/c14-12(16)11-3-1-9(2-4-11)10-5-7-15(8-6-10)13(17)18/h1-4,10H,5-8H2,(H2,14,16)(H,17,18). The SMILES string of the molecule is NC(=O)c1ccc(C2CCN(C(=O)O)CC2)cc1. The average molecular weight is 248 g/mol. The van der Waals surface area contributed by atoms with Crippen LogP contribution in [-0.2, 0) is 0 Å². The van der Waals surface area contributed by atoms with Crippen molar-refractivity contribution in [3.63, 3.8) is 0 Å². The maximum atomic E-state index is 11.0. The molecule has 2 amide bonds. The van der Waals surface area contributed by atoms with Gasteiger partial charge in [-0.1, -0.05) is 12.1 Å². The number of carbonyl (C=O) groups excluding carboxylic acids is 1. The zero-order chi connectivity index (χ0) is 13.1. The predicted octanol–water partition coefficient (Wildman–Crippen LogP) is 1.64. The molecule has 1 aliphatic heterocycles. The fourth-order valence-corrected chi connectivity index (χ4v) is 2.32. The molecule has 2 rings (SSSR count). The van der Waals surface area contributed by atoms with Gasteiger partial charge in [0.2, 0.25) is 5.91 Å². The Balaban J connectivity index is 2.01. The van der Waals surface area contributed by atoms with E-state index in [0.717, 1.165) is 18.4 Å². The van der Waals surface area contributed by atoms with Crippen LogP contribution in [0.5, 0.6) is 0 Å². The molecule has 0 spiro atoms. The molecule has 1 heterocycles. The van der Waals surface area contributed by atoms with E-state index < -0.39 is 12.0 Å². The molecular weight excluding hydrogens is 232 g/mol. The molecule has 0 aromatic heterocycles. The Labute approximate surface area is 105 Å². The summed E-state index contributed by atoms with van der Waals surface area (Å²) >= 11 is 0. The van der Waals surface area contributed by atoms with Crippen LogP contribution in [0.25, 0.3) is 0 Å². The molecular formula is C13H16N2O3. The molecule has 1 aromatic carbocycles. The Hall–Kier alpha value is -2.04. The average Bonchev–Trinajstić information content (AvgIpc) is 2.39. The number of likely N-dealkylation sites (tertiary alicyclic amines) is 1. The van der Waals surface area contributed by atoms with Crippen LogP contribution < -0.4 is 5.73 Å². The van der Waals surface area contributed by atoms with E-state index in [1.54, 1.807) is 12.1 Å². The van der Waals surface area contributed by atoms with Crippen LogP contribution in [0.15, 0.2) is 24.3 Å². The number of rotatable bonds is 2. The highest BCUT2D eigenvalue weighted by atomic mass is 16.4. The van der Waals surface area contributed by atoms with Crippen molar-refractivity contribution in [2.24, 2.45) is 5.73 Å². The number of nitrogens with two attached hydrogens (primary N) is 1. The molecule has 0 saturated carbocycles. The van der Waals surface area contributed by atoms with Crippen molar-refractivity contribution >= 4 is 12.0 Å². The zero-order valence-corrected chi connectivity index (χ0v) is 10.0. The van der Waals surface area contributed by atoms with Gasteiger partial charge in [0.15, 0.2) is 0 Å². The van der Waals surface area contributed by atoms with Gasteiger partial charge in [0.1, 0.15) is 0 Å². The molecule has 0 bridgehead atoms. The van der Waals surface area contributed by atoms with Crippen molar-refractivity contribution in [3.8, 4) is 0 Å².